The summed E-state index contributed by atoms with van der Waals surface area (Å²) in [6.45, 7) is 0. The van der Waals surface area contributed by atoms with Crippen LogP contribution in [0.2, 0.25) is 5.02 Å². The molecule has 9 heteroatoms. The quantitative estimate of drug-likeness (QED) is 0.375. The van der Waals surface area contributed by atoms with E-state index < -0.39 is 10.0 Å². The van der Waals surface area contributed by atoms with E-state index in [0.29, 0.717) is 22.0 Å². The van der Waals surface area contributed by atoms with Gasteiger partial charge in [0.1, 0.15) is 11.3 Å². The standard InChI is InChI=1S/C23H23ClN4O3S/c1-28(2)20-13-15(27-32(4,29)30)9-11-18(20)25-22-16-10-8-14(24)12-19(16)26-23-17(22)6-5-7-21(23)31-3/h5-13,27H,1-4H3,(H,25,26). The zero-order valence-corrected chi connectivity index (χ0v) is 19.7. The van der Waals surface area contributed by atoms with Crippen LogP contribution in [-0.4, -0.2) is 40.9 Å². The number of sulfonamides is 1. The minimum absolute atomic E-state index is 0.486. The van der Waals surface area contributed by atoms with E-state index in [9.17, 15) is 8.42 Å². The maximum atomic E-state index is 11.7. The second kappa shape index (κ2) is 8.37. The fourth-order valence-electron chi connectivity index (χ4n) is 3.63. The third-order valence-electron chi connectivity index (χ3n) is 4.99. The summed E-state index contributed by atoms with van der Waals surface area (Å²) in [6.07, 6.45) is 1.13. The number of aromatic nitrogens is 1. The average molecular weight is 471 g/mol. The van der Waals surface area contributed by atoms with Gasteiger partial charge in [0.2, 0.25) is 10.0 Å². The Morgan fingerprint density at radius 1 is 1.03 bits per heavy atom. The van der Waals surface area contributed by atoms with Crippen LogP contribution in [-0.2, 0) is 10.0 Å². The Kier molecular flexibility index (Phi) is 5.75. The van der Waals surface area contributed by atoms with E-state index in [-0.39, 0.29) is 0 Å². The molecular formula is C23H23ClN4O3S. The number of nitrogens with one attached hydrogen (secondary N) is 2. The highest BCUT2D eigenvalue weighted by atomic mass is 35.5. The second-order valence-corrected chi connectivity index (χ2v) is 9.82. The predicted octanol–water partition coefficient (Wildman–Crippen LogP) is 5.23. The summed E-state index contributed by atoms with van der Waals surface area (Å²) in [5, 5.41) is 5.93. The zero-order valence-electron chi connectivity index (χ0n) is 18.1. The van der Waals surface area contributed by atoms with Crippen LogP contribution in [0.5, 0.6) is 5.75 Å². The summed E-state index contributed by atoms with van der Waals surface area (Å²) in [7, 11) is 2.03. The molecule has 1 heterocycles. The highest BCUT2D eigenvalue weighted by molar-refractivity contribution is 7.92. The van der Waals surface area contributed by atoms with Gasteiger partial charge >= 0.3 is 0 Å². The first-order chi connectivity index (χ1) is 15.2. The lowest BCUT2D eigenvalue weighted by Gasteiger charge is -2.22. The summed E-state index contributed by atoms with van der Waals surface area (Å²) < 4.78 is 31.4. The summed E-state index contributed by atoms with van der Waals surface area (Å²) in [4.78, 5) is 6.70. The first kappa shape index (κ1) is 22.0. The van der Waals surface area contributed by atoms with Crippen molar-refractivity contribution in [2.75, 3.05) is 42.4 Å². The number of rotatable bonds is 6. The molecule has 3 aromatic carbocycles. The van der Waals surface area contributed by atoms with Crippen LogP contribution in [0.4, 0.5) is 22.7 Å². The van der Waals surface area contributed by atoms with Gasteiger partial charge in [-0.25, -0.2) is 13.4 Å². The van der Waals surface area contributed by atoms with Crippen molar-refractivity contribution in [1.29, 1.82) is 0 Å². The number of methoxy groups -OCH3 is 1. The lowest BCUT2D eigenvalue weighted by atomic mass is 10.1. The second-order valence-electron chi connectivity index (χ2n) is 7.63. The predicted molar refractivity (Wildman–Crippen MR) is 133 cm³/mol. The zero-order chi connectivity index (χ0) is 23.0. The number of hydrogen-bond acceptors (Lipinski definition) is 6. The van der Waals surface area contributed by atoms with Crippen molar-refractivity contribution in [3.63, 3.8) is 0 Å². The Balaban J connectivity index is 1.93. The molecule has 0 fully saturated rings. The number of ether oxygens (including phenoxy) is 1. The molecule has 0 atom stereocenters. The number of benzene rings is 3. The third-order valence-corrected chi connectivity index (χ3v) is 5.83. The molecule has 2 N–H and O–H groups in total. The van der Waals surface area contributed by atoms with E-state index in [2.05, 4.69) is 10.0 Å². The first-order valence-corrected chi connectivity index (χ1v) is 12.1. The molecule has 0 saturated heterocycles. The van der Waals surface area contributed by atoms with Crippen LogP contribution in [0.15, 0.2) is 54.6 Å². The molecule has 7 nitrogen and oxygen atoms in total. The van der Waals surface area contributed by atoms with Gasteiger partial charge in [-0.3, -0.25) is 4.72 Å². The van der Waals surface area contributed by atoms with Crippen LogP contribution in [0.3, 0.4) is 0 Å². The molecule has 0 unspecified atom stereocenters. The van der Waals surface area contributed by atoms with Gasteiger partial charge in [0.25, 0.3) is 0 Å². The number of fused-ring (bicyclic) bond motifs is 2. The van der Waals surface area contributed by atoms with Crippen molar-refractivity contribution >= 4 is 66.2 Å². The fraction of sp³-hybridized carbons (Fsp3) is 0.174. The van der Waals surface area contributed by atoms with Crippen LogP contribution in [0.25, 0.3) is 21.8 Å². The Morgan fingerprint density at radius 3 is 2.50 bits per heavy atom. The number of para-hydroxylation sites is 1. The van der Waals surface area contributed by atoms with Crippen molar-refractivity contribution in [2.24, 2.45) is 0 Å². The van der Waals surface area contributed by atoms with Gasteiger partial charge in [-0.05, 0) is 42.5 Å². The van der Waals surface area contributed by atoms with Crippen LogP contribution in [0.1, 0.15) is 0 Å². The molecule has 32 heavy (non-hydrogen) atoms. The van der Waals surface area contributed by atoms with Crippen molar-refractivity contribution in [3.05, 3.63) is 59.6 Å². The lowest BCUT2D eigenvalue weighted by molar-refractivity contribution is 0.419. The fourth-order valence-corrected chi connectivity index (χ4v) is 4.35. The van der Waals surface area contributed by atoms with Crippen molar-refractivity contribution < 1.29 is 13.2 Å². The van der Waals surface area contributed by atoms with E-state index in [0.717, 1.165) is 39.6 Å². The number of hydrogen-bond donors (Lipinski definition) is 2. The normalized spacial score (nSPS) is 11.5. The van der Waals surface area contributed by atoms with Gasteiger partial charge in [0, 0.05) is 29.9 Å². The topological polar surface area (TPSA) is 83.6 Å². The molecular weight excluding hydrogens is 448 g/mol. The largest absolute Gasteiger partial charge is 0.494 e. The van der Waals surface area contributed by atoms with Crippen molar-refractivity contribution in [3.8, 4) is 5.75 Å². The number of halogens is 1. The smallest absolute Gasteiger partial charge is 0.229 e. The van der Waals surface area contributed by atoms with Gasteiger partial charge in [-0.1, -0.05) is 23.7 Å². The average Bonchev–Trinajstić information content (AvgIpc) is 2.72. The first-order valence-electron chi connectivity index (χ1n) is 9.78. The number of pyridine rings is 1. The summed E-state index contributed by atoms with van der Waals surface area (Å²) in [5.74, 6) is 0.660. The molecule has 0 aliphatic carbocycles. The summed E-state index contributed by atoms with van der Waals surface area (Å²) in [5.41, 5.74) is 4.41. The van der Waals surface area contributed by atoms with E-state index in [4.69, 9.17) is 21.3 Å². The lowest BCUT2D eigenvalue weighted by Crippen LogP contribution is -2.14. The van der Waals surface area contributed by atoms with E-state index in [1.165, 1.54) is 0 Å². The molecule has 166 valence electrons. The third kappa shape index (κ3) is 4.37. The van der Waals surface area contributed by atoms with Crippen LogP contribution in [0, 0.1) is 0 Å². The van der Waals surface area contributed by atoms with Gasteiger partial charge < -0.3 is 15.0 Å². The highest BCUT2D eigenvalue weighted by Gasteiger charge is 2.16. The Labute approximate surface area is 192 Å². The molecule has 0 radical (unpaired) electrons. The number of anilines is 4. The van der Waals surface area contributed by atoms with E-state index >= 15 is 0 Å². The minimum Gasteiger partial charge on any atom is -0.494 e. The maximum absolute atomic E-state index is 11.7. The summed E-state index contributed by atoms with van der Waals surface area (Å²) >= 11 is 6.24. The molecule has 0 saturated carbocycles. The molecule has 1 aromatic heterocycles. The molecule has 0 bridgehead atoms. The maximum Gasteiger partial charge on any atom is 0.229 e. The molecule has 0 spiro atoms. The molecule has 0 aliphatic heterocycles. The van der Waals surface area contributed by atoms with Gasteiger partial charge in [-0.15, -0.1) is 0 Å². The molecule has 4 aromatic rings. The van der Waals surface area contributed by atoms with Crippen molar-refractivity contribution in [2.45, 2.75) is 0 Å². The van der Waals surface area contributed by atoms with Crippen LogP contribution < -0.4 is 19.7 Å². The summed E-state index contributed by atoms with van der Waals surface area (Å²) in [6, 6.07) is 16.7. The van der Waals surface area contributed by atoms with E-state index in [1.54, 1.807) is 19.2 Å². The van der Waals surface area contributed by atoms with Gasteiger partial charge in [0.15, 0.2) is 0 Å². The molecule has 0 amide bonds. The highest BCUT2D eigenvalue weighted by Crippen LogP contribution is 2.39. The molecule has 0 aliphatic rings. The monoisotopic (exact) mass is 470 g/mol. The van der Waals surface area contributed by atoms with E-state index in [1.807, 2.05) is 61.5 Å². The van der Waals surface area contributed by atoms with Gasteiger partial charge in [-0.2, -0.15) is 0 Å². The number of nitrogens with zero attached hydrogens (tertiary/aromatic N) is 2. The SMILES string of the molecule is COc1cccc2c(Nc3ccc(NS(C)(=O)=O)cc3N(C)C)c3ccc(Cl)cc3nc12. The van der Waals surface area contributed by atoms with Crippen LogP contribution >= 0.6 is 11.6 Å². The Hall–Kier alpha value is -3.23. The Morgan fingerprint density at radius 2 is 1.81 bits per heavy atom. The molecule has 4 rings (SSSR count). The Bertz CT molecular complexity index is 1440. The minimum atomic E-state index is -3.38. The van der Waals surface area contributed by atoms with Crippen molar-refractivity contribution in [1.82, 2.24) is 4.98 Å². The van der Waals surface area contributed by atoms with Gasteiger partial charge in [0.05, 0.1) is 41.6 Å².